The van der Waals surface area contributed by atoms with Crippen molar-refractivity contribution in [3.8, 4) is 17.1 Å². The van der Waals surface area contributed by atoms with Crippen molar-refractivity contribution in [1.82, 2.24) is 25.4 Å². The van der Waals surface area contributed by atoms with Gasteiger partial charge in [0.15, 0.2) is 11.0 Å². The fourth-order valence-electron chi connectivity index (χ4n) is 2.87. The van der Waals surface area contributed by atoms with E-state index in [0.29, 0.717) is 11.4 Å². The van der Waals surface area contributed by atoms with Crippen molar-refractivity contribution in [3.05, 3.63) is 60.2 Å². The first-order valence-electron chi connectivity index (χ1n) is 9.66. The van der Waals surface area contributed by atoms with E-state index in [9.17, 15) is 18.4 Å². The largest absolute Gasteiger partial charge is 0.335 e. The number of urea groups is 1. The van der Waals surface area contributed by atoms with Crippen molar-refractivity contribution in [2.24, 2.45) is 0 Å². The molecule has 2 N–H and O–H groups in total. The first kappa shape index (κ1) is 21.0. The first-order chi connectivity index (χ1) is 14.9. The molecule has 1 aromatic heterocycles. The van der Waals surface area contributed by atoms with Crippen LogP contribution in [-0.4, -0.2) is 38.0 Å². The molecular formula is C21H19F2N5O2S. The summed E-state index contributed by atoms with van der Waals surface area (Å²) in [7, 11) is 0. The van der Waals surface area contributed by atoms with E-state index in [-0.39, 0.29) is 16.9 Å². The Morgan fingerprint density at radius 1 is 1.13 bits per heavy atom. The summed E-state index contributed by atoms with van der Waals surface area (Å²) >= 11 is 1.01. The maximum atomic E-state index is 14.6. The number of nitrogens with one attached hydrogen (secondary N) is 2. The van der Waals surface area contributed by atoms with E-state index in [1.165, 1.54) is 10.6 Å². The van der Waals surface area contributed by atoms with E-state index in [0.717, 1.165) is 36.7 Å². The zero-order chi connectivity index (χ0) is 22.0. The summed E-state index contributed by atoms with van der Waals surface area (Å²) in [5, 5.41) is 12.8. The Morgan fingerprint density at radius 3 is 2.55 bits per heavy atom. The molecule has 0 saturated heterocycles. The van der Waals surface area contributed by atoms with E-state index < -0.39 is 28.8 Å². The minimum atomic E-state index is -0.792. The van der Waals surface area contributed by atoms with Gasteiger partial charge in [-0.15, -0.1) is 10.2 Å². The molecule has 1 heterocycles. The number of hydrogen-bond acceptors (Lipinski definition) is 5. The lowest BCUT2D eigenvalue weighted by Gasteiger charge is -2.14. The number of benzene rings is 2. The molecule has 10 heteroatoms. The fraction of sp³-hybridized carbons (Fsp3) is 0.238. The van der Waals surface area contributed by atoms with Crippen molar-refractivity contribution in [1.29, 1.82) is 0 Å². The zero-order valence-corrected chi connectivity index (χ0v) is 17.3. The van der Waals surface area contributed by atoms with Crippen molar-refractivity contribution in [3.63, 3.8) is 0 Å². The van der Waals surface area contributed by atoms with Gasteiger partial charge in [-0.3, -0.25) is 14.7 Å². The SMILES string of the molecule is CC(Sc1nnc(-c2ccccc2)n1-c1ccc(F)cc1F)C(=O)NC(=O)NC1CC1. The van der Waals surface area contributed by atoms with Crippen LogP contribution < -0.4 is 10.6 Å². The van der Waals surface area contributed by atoms with Crippen LogP contribution in [0.3, 0.4) is 0 Å². The molecule has 3 amide bonds. The second-order valence-corrected chi connectivity index (χ2v) is 8.41. The lowest BCUT2D eigenvalue weighted by Crippen LogP contribution is -2.43. The predicted octanol–water partition coefficient (Wildman–Crippen LogP) is 3.68. The van der Waals surface area contributed by atoms with Gasteiger partial charge in [0.1, 0.15) is 11.6 Å². The first-order valence-corrected chi connectivity index (χ1v) is 10.5. The summed E-state index contributed by atoms with van der Waals surface area (Å²) in [5.74, 6) is -1.68. The summed E-state index contributed by atoms with van der Waals surface area (Å²) < 4.78 is 29.5. The molecule has 0 bridgehead atoms. The van der Waals surface area contributed by atoms with E-state index in [4.69, 9.17) is 0 Å². The molecule has 4 rings (SSSR count). The van der Waals surface area contributed by atoms with Crippen LogP contribution in [-0.2, 0) is 4.79 Å². The number of imide groups is 1. The van der Waals surface area contributed by atoms with Crippen LogP contribution in [0.4, 0.5) is 13.6 Å². The number of aromatic nitrogens is 3. The Hall–Kier alpha value is -3.27. The minimum absolute atomic E-state index is 0.0480. The van der Waals surface area contributed by atoms with Crippen LogP contribution in [0.15, 0.2) is 53.7 Å². The third-order valence-corrected chi connectivity index (χ3v) is 5.66. The lowest BCUT2D eigenvalue weighted by atomic mass is 10.2. The summed E-state index contributed by atoms with van der Waals surface area (Å²) in [4.78, 5) is 24.3. The number of rotatable bonds is 6. The molecule has 1 fully saturated rings. The average Bonchev–Trinajstić information content (AvgIpc) is 3.46. The number of hydrogen-bond donors (Lipinski definition) is 2. The second-order valence-electron chi connectivity index (χ2n) is 7.10. The summed E-state index contributed by atoms with van der Waals surface area (Å²) in [6, 6.07) is 11.8. The zero-order valence-electron chi connectivity index (χ0n) is 16.5. The molecule has 1 saturated carbocycles. The molecule has 3 aromatic rings. The predicted molar refractivity (Wildman–Crippen MR) is 112 cm³/mol. The molecule has 2 aromatic carbocycles. The van der Waals surface area contributed by atoms with Gasteiger partial charge in [-0.05, 0) is 31.9 Å². The minimum Gasteiger partial charge on any atom is -0.335 e. The van der Waals surface area contributed by atoms with Crippen molar-refractivity contribution >= 4 is 23.7 Å². The van der Waals surface area contributed by atoms with Crippen molar-refractivity contribution in [2.75, 3.05) is 0 Å². The highest BCUT2D eigenvalue weighted by Gasteiger charge is 2.27. The Balaban J connectivity index is 1.63. The highest BCUT2D eigenvalue weighted by Crippen LogP contribution is 2.31. The molecule has 0 spiro atoms. The lowest BCUT2D eigenvalue weighted by molar-refractivity contribution is -0.119. The Kier molecular flexibility index (Phi) is 5.99. The molecule has 1 aliphatic rings. The molecule has 0 radical (unpaired) electrons. The maximum absolute atomic E-state index is 14.6. The number of carbonyl (C=O) groups is 2. The molecule has 1 unspecified atom stereocenters. The van der Waals surface area contributed by atoms with Gasteiger partial charge in [0.2, 0.25) is 5.91 Å². The monoisotopic (exact) mass is 443 g/mol. The molecular weight excluding hydrogens is 424 g/mol. The number of thioether (sulfide) groups is 1. The summed E-state index contributed by atoms with van der Waals surface area (Å²) in [6.07, 6.45) is 1.81. The van der Waals surface area contributed by atoms with E-state index in [1.54, 1.807) is 31.2 Å². The highest BCUT2D eigenvalue weighted by molar-refractivity contribution is 8.00. The normalized spacial score (nSPS) is 14.2. The Labute approximate surface area is 181 Å². The van der Waals surface area contributed by atoms with Crippen molar-refractivity contribution in [2.45, 2.75) is 36.2 Å². The summed E-state index contributed by atoms with van der Waals surface area (Å²) in [6.45, 7) is 1.60. The molecule has 160 valence electrons. The van der Waals surface area contributed by atoms with Gasteiger partial charge < -0.3 is 5.32 Å². The van der Waals surface area contributed by atoms with Crippen LogP contribution in [0.2, 0.25) is 0 Å². The van der Waals surface area contributed by atoms with E-state index >= 15 is 0 Å². The standard InChI is InChI=1S/C21H19F2N5O2S/c1-12(19(29)25-20(30)24-15-8-9-15)31-21-27-26-18(13-5-3-2-4-6-13)28(21)17-10-7-14(22)11-16(17)23/h2-7,10-12,15H,8-9H2,1H3,(H2,24,25,29,30). The smallest absolute Gasteiger partial charge is 0.321 e. The third-order valence-electron chi connectivity index (χ3n) is 4.62. The van der Waals surface area contributed by atoms with Crippen LogP contribution >= 0.6 is 11.8 Å². The number of halogens is 2. The van der Waals surface area contributed by atoms with Crippen LogP contribution in [0.25, 0.3) is 17.1 Å². The average molecular weight is 443 g/mol. The Morgan fingerprint density at radius 2 is 1.87 bits per heavy atom. The van der Waals surface area contributed by atoms with Gasteiger partial charge in [0.05, 0.1) is 10.9 Å². The maximum Gasteiger partial charge on any atom is 0.321 e. The quantitative estimate of drug-likeness (QED) is 0.568. The number of amides is 3. The number of nitrogens with zero attached hydrogens (tertiary/aromatic N) is 3. The van der Waals surface area contributed by atoms with Crippen molar-refractivity contribution < 1.29 is 18.4 Å². The second kappa shape index (κ2) is 8.84. The van der Waals surface area contributed by atoms with Crippen LogP contribution in [0, 0.1) is 11.6 Å². The molecule has 1 atom stereocenters. The van der Waals surface area contributed by atoms with Gasteiger partial charge in [-0.2, -0.15) is 0 Å². The number of carbonyl (C=O) groups excluding carboxylic acids is 2. The Bertz CT molecular complexity index is 1120. The van der Waals surface area contributed by atoms with Crippen LogP contribution in [0.1, 0.15) is 19.8 Å². The molecule has 1 aliphatic carbocycles. The summed E-state index contributed by atoms with van der Waals surface area (Å²) in [5.41, 5.74) is 0.721. The van der Waals surface area contributed by atoms with Gasteiger partial charge in [0, 0.05) is 17.7 Å². The van der Waals surface area contributed by atoms with Gasteiger partial charge >= 0.3 is 6.03 Å². The van der Waals surface area contributed by atoms with Gasteiger partial charge in [0.25, 0.3) is 0 Å². The molecule has 0 aliphatic heterocycles. The third kappa shape index (κ3) is 4.91. The topological polar surface area (TPSA) is 88.9 Å². The van der Waals surface area contributed by atoms with E-state index in [2.05, 4.69) is 20.8 Å². The molecule has 7 nitrogen and oxygen atoms in total. The fourth-order valence-corrected chi connectivity index (χ4v) is 3.73. The van der Waals surface area contributed by atoms with Gasteiger partial charge in [-0.25, -0.2) is 13.6 Å². The van der Waals surface area contributed by atoms with E-state index in [1.807, 2.05) is 6.07 Å². The molecule has 31 heavy (non-hydrogen) atoms. The highest BCUT2D eigenvalue weighted by atomic mass is 32.2. The van der Waals surface area contributed by atoms with Gasteiger partial charge in [-0.1, -0.05) is 42.1 Å². The van der Waals surface area contributed by atoms with Crippen LogP contribution in [0.5, 0.6) is 0 Å².